The molecule has 0 saturated heterocycles. The maximum atomic E-state index is 12.4. The van der Waals surface area contributed by atoms with Crippen LogP contribution in [0.4, 0.5) is 5.69 Å². The zero-order chi connectivity index (χ0) is 20.1. The summed E-state index contributed by atoms with van der Waals surface area (Å²) in [5.74, 6) is 1.07. The van der Waals surface area contributed by atoms with Crippen molar-refractivity contribution in [3.8, 4) is 21.8 Å². The van der Waals surface area contributed by atoms with E-state index in [9.17, 15) is 4.79 Å². The van der Waals surface area contributed by atoms with Crippen LogP contribution in [0, 0.1) is 0 Å². The van der Waals surface area contributed by atoms with E-state index in [1.165, 1.54) is 11.8 Å². The molecular weight excluding hydrogens is 400 g/mol. The number of hydrogen-bond donors (Lipinski definition) is 1. The van der Waals surface area contributed by atoms with Crippen molar-refractivity contribution < 1.29 is 4.79 Å². The third-order valence-electron chi connectivity index (χ3n) is 4.38. The van der Waals surface area contributed by atoms with Crippen LogP contribution in [0.5, 0.6) is 0 Å². The van der Waals surface area contributed by atoms with E-state index in [0.717, 1.165) is 39.2 Å². The number of anilines is 1. The van der Waals surface area contributed by atoms with Gasteiger partial charge in [0.1, 0.15) is 0 Å². The van der Waals surface area contributed by atoms with Crippen molar-refractivity contribution in [2.24, 2.45) is 0 Å². The van der Waals surface area contributed by atoms with Crippen molar-refractivity contribution in [1.82, 2.24) is 14.8 Å². The summed E-state index contributed by atoms with van der Waals surface area (Å²) < 4.78 is 2.04. The van der Waals surface area contributed by atoms with Gasteiger partial charge in [0.2, 0.25) is 5.91 Å². The first-order valence-electron chi connectivity index (χ1n) is 9.30. The molecule has 2 heterocycles. The van der Waals surface area contributed by atoms with Crippen molar-refractivity contribution >= 4 is 34.7 Å². The Morgan fingerprint density at radius 2 is 1.76 bits per heavy atom. The van der Waals surface area contributed by atoms with Crippen LogP contribution in [0.25, 0.3) is 21.8 Å². The Balaban J connectivity index is 1.37. The Hall–Kier alpha value is -2.90. The van der Waals surface area contributed by atoms with Crippen LogP contribution >= 0.6 is 23.1 Å². The highest BCUT2D eigenvalue weighted by Gasteiger charge is 2.15. The molecule has 2 aromatic heterocycles. The monoisotopic (exact) mass is 420 g/mol. The number of benzene rings is 2. The first-order valence-corrected chi connectivity index (χ1v) is 11.2. The first kappa shape index (κ1) is 19.4. The van der Waals surface area contributed by atoms with Crippen molar-refractivity contribution in [2.75, 3.05) is 11.1 Å². The number of rotatable bonds is 7. The molecule has 2 aromatic carbocycles. The van der Waals surface area contributed by atoms with Gasteiger partial charge in [-0.3, -0.25) is 4.79 Å². The molecule has 1 amide bonds. The molecular formula is C22H20N4OS2. The minimum atomic E-state index is -0.0641. The molecule has 5 nitrogen and oxygen atoms in total. The molecule has 0 unspecified atom stereocenters. The molecule has 0 atom stereocenters. The van der Waals surface area contributed by atoms with Gasteiger partial charge in [0.15, 0.2) is 11.0 Å². The lowest BCUT2D eigenvalue weighted by atomic mass is 10.1. The van der Waals surface area contributed by atoms with Gasteiger partial charge in [-0.15, -0.1) is 21.5 Å². The van der Waals surface area contributed by atoms with Crippen molar-refractivity contribution in [2.45, 2.75) is 18.6 Å². The van der Waals surface area contributed by atoms with Crippen LogP contribution < -0.4 is 5.32 Å². The third-order valence-corrected chi connectivity index (χ3v) is 6.22. The number of carbonyl (C=O) groups is 1. The van der Waals surface area contributed by atoms with Crippen LogP contribution in [0.1, 0.15) is 6.92 Å². The van der Waals surface area contributed by atoms with E-state index in [1.807, 2.05) is 64.5 Å². The molecule has 0 aliphatic heterocycles. The lowest BCUT2D eigenvalue weighted by Gasteiger charge is -2.08. The Labute approximate surface area is 177 Å². The summed E-state index contributed by atoms with van der Waals surface area (Å²) in [4.78, 5) is 13.5. The number of amides is 1. The molecule has 4 rings (SSSR count). The van der Waals surface area contributed by atoms with Crippen molar-refractivity contribution in [3.05, 3.63) is 72.1 Å². The van der Waals surface area contributed by atoms with Crippen LogP contribution in [0.2, 0.25) is 0 Å². The smallest absolute Gasteiger partial charge is 0.234 e. The molecule has 0 bridgehead atoms. The van der Waals surface area contributed by atoms with Crippen molar-refractivity contribution in [1.29, 1.82) is 0 Å². The molecule has 0 aliphatic rings. The highest BCUT2D eigenvalue weighted by atomic mass is 32.2. The van der Waals surface area contributed by atoms with Gasteiger partial charge in [0.05, 0.1) is 10.6 Å². The molecule has 0 radical (unpaired) electrons. The molecule has 29 heavy (non-hydrogen) atoms. The van der Waals surface area contributed by atoms with Gasteiger partial charge in [-0.2, -0.15) is 0 Å². The van der Waals surface area contributed by atoms with Gasteiger partial charge < -0.3 is 9.88 Å². The summed E-state index contributed by atoms with van der Waals surface area (Å²) in [5, 5.41) is 14.3. The van der Waals surface area contributed by atoms with Gasteiger partial charge in [-0.05, 0) is 41.6 Å². The maximum absolute atomic E-state index is 12.4. The van der Waals surface area contributed by atoms with Crippen molar-refractivity contribution in [3.63, 3.8) is 0 Å². The minimum absolute atomic E-state index is 0.0641. The molecule has 0 aliphatic carbocycles. The van der Waals surface area contributed by atoms with Gasteiger partial charge in [-0.25, -0.2) is 0 Å². The summed E-state index contributed by atoms with van der Waals surface area (Å²) in [6.07, 6.45) is 0. The molecule has 1 N–H and O–H groups in total. The fourth-order valence-corrected chi connectivity index (χ4v) is 4.49. The normalized spacial score (nSPS) is 10.8. The maximum Gasteiger partial charge on any atom is 0.234 e. The minimum Gasteiger partial charge on any atom is -0.325 e. The second kappa shape index (κ2) is 9.07. The van der Waals surface area contributed by atoms with E-state index in [4.69, 9.17) is 0 Å². The second-order valence-electron chi connectivity index (χ2n) is 6.31. The number of aromatic nitrogens is 3. The number of nitrogens with zero attached hydrogens (tertiary/aromatic N) is 3. The zero-order valence-corrected chi connectivity index (χ0v) is 17.5. The Morgan fingerprint density at radius 1 is 1.00 bits per heavy atom. The Kier molecular flexibility index (Phi) is 6.07. The Bertz CT molecular complexity index is 1070. The third kappa shape index (κ3) is 4.58. The SMILES string of the molecule is CCn1c(SCC(=O)Nc2ccc(-c3ccccc3)cc2)nnc1-c1cccs1. The summed E-state index contributed by atoms with van der Waals surface area (Å²) in [7, 11) is 0. The summed E-state index contributed by atoms with van der Waals surface area (Å²) >= 11 is 3.03. The molecule has 4 aromatic rings. The highest BCUT2D eigenvalue weighted by Crippen LogP contribution is 2.27. The standard InChI is InChI=1S/C22H20N4OS2/c1-2-26-21(19-9-6-14-28-19)24-25-22(26)29-15-20(27)23-18-12-10-17(11-13-18)16-7-4-3-5-8-16/h3-14H,2,15H2,1H3,(H,23,27). The summed E-state index contributed by atoms with van der Waals surface area (Å²) in [6, 6.07) is 22.1. The number of thioether (sulfide) groups is 1. The van der Waals surface area contributed by atoms with E-state index in [1.54, 1.807) is 11.3 Å². The number of hydrogen-bond acceptors (Lipinski definition) is 5. The predicted molar refractivity (Wildman–Crippen MR) is 120 cm³/mol. The highest BCUT2D eigenvalue weighted by molar-refractivity contribution is 7.99. The van der Waals surface area contributed by atoms with Gasteiger partial charge >= 0.3 is 0 Å². The number of thiophene rings is 1. The Morgan fingerprint density at radius 3 is 2.45 bits per heavy atom. The number of nitrogens with one attached hydrogen (secondary N) is 1. The van der Waals surface area contributed by atoms with E-state index in [0.29, 0.717) is 0 Å². The predicted octanol–water partition coefficient (Wildman–Crippen LogP) is 5.42. The zero-order valence-electron chi connectivity index (χ0n) is 15.9. The van der Waals surface area contributed by atoms with E-state index in [-0.39, 0.29) is 11.7 Å². The number of carbonyl (C=O) groups excluding carboxylic acids is 1. The van der Waals surface area contributed by atoms with Gasteiger partial charge in [0.25, 0.3) is 0 Å². The van der Waals surface area contributed by atoms with Crippen LogP contribution in [-0.2, 0) is 11.3 Å². The second-order valence-corrected chi connectivity index (χ2v) is 8.20. The average Bonchev–Trinajstić information content (AvgIpc) is 3.43. The topological polar surface area (TPSA) is 59.8 Å². The molecule has 0 spiro atoms. The fraction of sp³-hybridized carbons (Fsp3) is 0.136. The largest absolute Gasteiger partial charge is 0.325 e. The lowest BCUT2D eigenvalue weighted by Crippen LogP contribution is -2.14. The lowest BCUT2D eigenvalue weighted by molar-refractivity contribution is -0.113. The van der Waals surface area contributed by atoms with E-state index in [2.05, 4.69) is 34.6 Å². The first-order chi connectivity index (χ1) is 14.2. The molecule has 0 fully saturated rings. The summed E-state index contributed by atoms with van der Waals surface area (Å²) in [5.41, 5.74) is 3.06. The van der Waals surface area contributed by atoms with E-state index >= 15 is 0 Å². The van der Waals surface area contributed by atoms with Gasteiger partial charge in [-0.1, -0.05) is 60.3 Å². The van der Waals surface area contributed by atoms with E-state index < -0.39 is 0 Å². The molecule has 146 valence electrons. The summed E-state index contributed by atoms with van der Waals surface area (Å²) in [6.45, 7) is 2.81. The van der Waals surface area contributed by atoms with Crippen LogP contribution in [0.3, 0.4) is 0 Å². The van der Waals surface area contributed by atoms with Gasteiger partial charge in [0, 0.05) is 12.2 Å². The molecule has 7 heteroatoms. The average molecular weight is 421 g/mol. The fourth-order valence-electron chi connectivity index (χ4n) is 2.97. The molecule has 0 saturated carbocycles. The van der Waals surface area contributed by atoms with Crippen LogP contribution in [0.15, 0.2) is 77.3 Å². The van der Waals surface area contributed by atoms with Crippen LogP contribution in [-0.4, -0.2) is 26.4 Å². The quantitative estimate of drug-likeness (QED) is 0.405.